The molecule has 0 aliphatic carbocycles. The number of nitrogens with zero attached hydrogens (tertiary/aromatic N) is 2. The van der Waals surface area contributed by atoms with Gasteiger partial charge in [0.2, 0.25) is 0 Å². The lowest BCUT2D eigenvalue weighted by Gasteiger charge is -2.09. The fourth-order valence-electron chi connectivity index (χ4n) is 2.33. The summed E-state index contributed by atoms with van der Waals surface area (Å²) in [5.74, 6) is -0.571. The summed E-state index contributed by atoms with van der Waals surface area (Å²) in [4.78, 5) is 0. The van der Waals surface area contributed by atoms with Crippen LogP contribution in [0.4, 0.5) is 10.1 Å². The van der Waals surface area contributed by atoms with E-state index in [1.165, 1.54) is 6.07 Å². The van der Waals surface area contributed by atoms with Crippen LogP contribution in [-0.4, -0.2) is 5.71 Å². The standard InChI is InChI=1S/C20H14FN3/c21-18-12-7-13-19(17(18)14-22)23-24-20(15-8-3-1-4-9-15)16-10-5-2-6-11-16/h1-13,23H. The van der Waals surface area contributed by atoms with E-state index in [0.717, 1.165) is 11.1 Å². The molecule has 3 aromatic carbocycles. The summed E-state index contributed by atoms with van der Waals surface area (Å²) in [6.45, 7) is 0. The van der Waals surface area contributed by atoms with Crippen LogP contribution in [0.3, 0.4) is 0 Å². The second-order valence-electron chi connectivity index (χ2n) is 5.08. The first-order chi connectivity index (χ1) is 11.8. The molecule has 116 valence electrons. The van der Waals surface area contributed by atoms with E-state index in [-0.39, 0.29) is 5.56 Å². The van der Waals surface area contributed by atoms with Crippen LogP contribution in [0.1, 0.15) is 16.7 Å². The molecule has 0 aliphatic heterocycles. The molecule has 24 heavy (non-hydrogen) atoms. The van der Waals surface area contributed by atoms with Crippen molar-refractivity contribution in [1.29, 1.82) is 5.26 Å². The van der Waals surface area contributed by atoms with Gasteiger partial charge in [0.05, 0.1) is 11.4 Å². The van der Waals surface area contributed by atoms with E-state index in [0.29, 0.717) is 11.4 Å². The third kappa shape index (κ3) is 3.31. The number of anilines is 1. The minimum atomic E-state index is -0.571. The van der Waals surface area contributed by atoms with Crippen molar-refractivity contribution >= 4 is 11.4 Å². The molecule has 0 spiro atoms. The van der Waals surface area contributed by atoms with Crippen molar-refractivity contribution in [2.24, 2.45) is 5.10 Å². The topological polar surface area (TPSA) is 48.2 Å². The number of hydrazone groups is 1. The van der Waals surface area contributed by atoms with Crippen LogP contribution in [0.2, 0.25) is 0 Å². The summed E-state index contributed by atoms with van der Waals surface area (Å²) >= 11 is 0. The zero-order valence-corrected chi connectivity index (χ0v) is 12.8. The molecule has 3 nitrogen and oxygen atoms in total. The molecule has 0 heterocycles. The van der Waals surface area contributed by atoms with Crippen LogP contribution in [0.25, 0.3) is 0 Å². The molecular formula is C20H14FN3. The number of rotatable bonds is 4. The Bertz CT molecular complexity index is 856. The lowest BCUT2D eigenvalue weighted by Crippen LogP contribution is -2.07. The summed E-state index contributed by atoms with van der Waals surface area (Å²) in [5, 5.41) is 13.6. The molecule has 0 atom stereocenters. The van der Waals surface area contributed by atoms with E-state index < -0.39 is 5.82 Å². The van der Waals surface area contributed by atoms with Crippen molar-refractivity contribution < 1.29 is 4.39 Å². The highest BCUT2D eigenvalue weighted by atomic mass is 19.1. The largest absolute Gasteiger partial charge is 0.276 e. The van der Waals surface area contributed by atoms with Gasteiger partial charge >= 0.3 is 0 Å². The normalized spacial score (nSPS) is 9.83. The molecule has 0 fully saturated rings. The van der Waals surface area contributed by atoms with Gasteiger partial charge in [-0.15, -0.1) is 0 Å². The van der Waals surface area contributed by atoms with Crippen molar-refractivity contribution in [2.75, 3.05) is 5.43 Å². The van der Waals surface area contributed by atoms with Crippen molar-refractivity contribution in [2.45, 2.75) is 0 Å². The zero-order valence-electron chi connectivity index (χ0n) is 12.8. The Morgan fingerprint density at radius 2 is 1.42 bits per heavy atom. The molecule has 0 radical (unpaired) electrons. The van der Waals surface area contributed by atoms with E-state index in [4.69, 9.17) is 5.26 Å². The average Bonchev–Trinajstić information content (AvgIpc) is 2.64. The molecule has 0 aliphatic rings. The molecule has 0 aromatic heterocycles. The highest BCUT2D eigenvalue weighted by molar-refractivity contribution is 6.13. The first kappa shape index (κ1) is 15.4. The Labute approximate surface area is 139 Å². The van der Waals surface area contributed by atoms with E-state index in [1.54, 1.807) is 12.1 Å². The van der Waals surface area contributed by atoms with Gasteiger partial charge in [-0.25, -0.2) is 4.39 Å². The van der Waals surface area contributed by atoms with Gasteiger partial charge in [0.1, 0.15) is 17.4 Å². The van der Waals surface area contributed by atoms with Crippen molar-refractivity contribution in [3.05, 3.63) is 101 Å². The van der Waals surface area contributed by atoms with Gasteiger partial charge < -0.3 is 0 Å². The summed E-state index contributed by atoms with van der Waals surface area (Å²) in [5.41, 5.74) is 5.67. The van der Waals surface area contributed by atoms with E-state index in [9.17, 15) is 4.39 Å². The smallest absolute Gasteiger partial charge is 0.143 e. The Balaban J connectivity index is 2.03. The quantitative estimate of drug-likeness (QED) is 0.566. The average molecular weight is 315 g/mol. The molecule has 1 N–H and O–H groups in total. The van der Waals surface area contributed by atoms with Crippen molar-refractivity contribution in [1.82, 2.24) is 0 Å². The highest BCUT2D eigenvalue weighted by Crippen LogP contribution is 2.19. The minimum Gasteiger partial charge on any atom is -0.276 e. The molecule has 0 unspecified atom stereocenters. The van der Waals surface area contributed by atoms with E-state index >= 15 is 0 Å². The van der Waals surface area contributed by atoms with Crippen LogP contribution < -0.4 is 5.43 Å². The Morgan fingerprint density at radius 3 is 1.96 bits per heavy atom. The van der Waals surface area contributed by atoms with Gasteiger partial charge in [0.15, 0.2) is 0 Å². The van der Waals surface area contributed by atoms with E-state index in [2.05, 4.69) is 10.5 Å². The lowest BCUT2D eigenvalue weighted by molar-refractivity contribution is 0.624. The maximum atomic E-state index is 13.7. The number of benzene rings is 3. The van der Waals surface area contributed by atoms with Gasteiger partial charge in [-0.1, -0.05) is 66.7 Å². The van der Waals surface area contributed by atoms with Gasteiger partial charge in [-0.3, -0.25) is 5.43 Å². The molecule has 3 rings (SSSR count). The first-order valence-corrected chi connectivity index (χ1v) is 7.43. The number of hydrogen-bond donors (Lipinski definition) is 1. The monoisotopic (exact) mass is 315 g/mol. The fourth-order valence-corrected chi connectivity index (χ4v) is 2.33. The van der Waals surface area contributed by atoms with Gasteiger partial charge in [-0.2, -0.15) is 10.4 Å². The molecule has 0 bridgehead atoms. The molecule has 4 heteroatoms. The Hall–Kier alpha value is -3.45. The molecule has 3 aromatic rings. The predicted octanol–water partition coefficient (Wildman–Crippen LogP) is 4.56. The zero-order chi connectivity index (χ0) is 16.8. The summed E-state index contributed by atoms with van der Waals surface area (Å²) in [6.07, 6.45) is 0. The first-order valence-electron chi connectivity index (χ1n) is 7.43. The maximum Gasteiger partial charge on any atom is 0.143 e. The summed E-state index contributed by atoms with van der Waals surface area (Å²) < 4.78 is 13.7. The lowest BCUT2D eigenvalue weighted by atomic mass is 10.0. The van der Waals surface area contributed by atoms with Crippen molar-refractivity contribution in [3.63, 3.8) is 0 Å². The Kier molecular flexibility index (Phi) is 4.64. The van der Waals surface area contributed by atoms with Crippen LogP contribution >= 0.6 is 0 Å². The molecule has 0 amide bonds. The van der Waals surface area contributed by atoms with Gasteiger partial charge in [-0.05, 0) is 12.1 Å². The number of hydrogen-bond acceptors (Lipinski definition) is 3. The Morgan fingerprint density at radius 1 is 0.833 bits per heavy atom. The predicted molar refractivity (Wildman–Crippen MR) is 93.3 cm³/mol. The second kappa shape index (κ2) is 7.21. The molecule has 0 saturated heterocycles. The highest BCUT2D eigenvalue weighted by Gasteiger charge is 2.09. The minimum absolute atomic E-state index is 0.0540. The van der Waals surface area contributed by atoms with Crippen molar-refractivity contribution in [3.8, 4) is 6.07 Å². The molecule has 0 saturated carbocycles. The summed E-state index contributed by atoms with van der Waals surface area (Å²) in [6, 6.07) is 25.6. The third-order valence-corrected chi connectivity index (χ3v) is 3.51. The van der Waals surface area contributed by atoms with Crippen LogP contribution in [0.5, 0.6) is 0 Å². The molecular weight excluding hydrogens is 301 g/mol. The number of nitriles is 1. The van der Waals surface area contributed by atoms with Gasteiger partial charge in [0, 0.05) is 11.1 Å². The maximum absolute atomic E-state index is 13.7. The summed E-state index contributed by atoms with van der Waals surface area (Å²) in [7, 11) is 0. The number of nitrogens with one attached hydrogen (secondary N) is 1. The second-order valence-corrected chi connectivity index (χ2v) is 5.08. The SMILES string of the molecule is N#Cc1c(F)cccc1NN=C(c1ccccc1)c1ccccc1. The third-order valence-electron chi connectivity index (χ3n) is 3.51. The van der Waals surface area contributed by atoms with Crippen LogP contribution in [-0.2, 0) is 0 Å². The van der Waals surface area contributed by atoms with Crippen LogP contribution in [0, 0.1) is 17.1 Å². The number of halogens is 1. The fraction of sp³-hybridized carbons (Fsp3) is 0. The van der Waals surface area contributed by atoms with Crippen LogP contribution in [0.15, 0.2) is 84.0 Å². The van der Waals surface area contributed by atoms with E-state index in [1.807, 2.05) is 66.7 Å². The van der Waals surface area contributed by atoms with Gasteiger partial charge in [0.25, 0.3) is 0 Å².